The summed E-state index contributed by atoms with van der Waals surface area (Å²) in [7, 11) is 1.73. The highest BCUT2D eigenvalue weighted by atomic mass is 16.5. The Morgan fingerprint density at radius 1 is 1.54 bits per heavy atom. The molecule has 1 rings (SSSR count). The number of rotatable bonds is 7. The van der Waals surface area contributed by atoms with Gasteiger partial charge >= 0.3 is 0 Å². The van der Waals surface area contributed by atoms with E-state index in [4.69, 9.17) is 10.5 Å². The van der Waals surface area contributed by atoms with Gasteiger partial charge in [0.05, 0.1) is 0 Å². The summed E-state index contributed by atoms with van der Waals surface area (Å²) < 4.78 is 5.07. The second kappa shape index (κ2) is 4.94. The summed E-state index contributed by atoms with van der Waals surface area (Å²) in [6, 6.07) is 0. The standard InChI is InChI=1S/C10H22N2O/c1-10(8-11,5-6-13-2)12-7-9-3-4-9/h9,12H,3-8,11H2,1-2H3. The van der Waals surface area contributed by atoms with Gasteiger partial charge in [-0.1, -0.05) is 0 Å². The van der Waals surface area contributed by atoms with Crippen LogP contribution in [0.2, 0.25) is 0 Å². The lowest BCUT2D eigenvalue weighted by atomic mass is 9.98. The van der Waals surface area contributed by atoms with Crippen molar-refractivity contribution in [1.29, 1.82) is 0 Å². The van der Waals surface area contributed by atoms with Gasteiger partial charge in [-0.15, -0.1) is 0 Å². The van der Waals surface area contributed by atoms with Gasteiger partial charge in [-0.05, 0) is 38.6 Å². The molecule has 1 unspecified atom stereocenters. The summed E-state index contributed by atoms with van der Waals surface area (Å²) in [5.41, 5.74) is 5.80. The third-order valence-corrected chi connectivity index (χ3v) is 2.82. The minimum Gasteiger partial charge on any atom is -0.385 e. The fraction of sp³-hybridized carbons (Fsp3) is 1.00. The van der Waals surface area contributed by atoms with E-state index in [1.807, 2.05) is 0 Å². The molecule has 0 radical (unpaired) electrons. The lowest BCUT2D eigenvalue weighted by Gasteiger charge is -2.29. The molecule has 1 fully saturated rings. The summed E-state index contributed by atoms with van der Waals surface area (Å²) in [6.07, 6.45) is 3.77. The third kappa shape index (κ3) is 4.07. The molecule has 0 aromatic rings. The molecule has 3 nitrogen and oxygen atoms in total. The highest BCUT2D eigenvalue weighted by molar-refractivity contribution is 4.87. The Labute approximate surface area is 81.0 Å². The predicted octanol–water partition coefficient (Wildman–Crippen LogP) is 0.740. The maximum absolute atomic E-state index is 5.74. The Kier molecular flexibility index (Phi) is 4.16. The fourth-order valence-corrected chi connectivity index (χ4v) is 1.30. The average Bonchev–Trinajstić information content (AvgIpc) is 2.95. The molecule has 0 aromatic carbocycles. The third-order valence-electron chi connectivity index (χ3n) is 2.82. The molecule has 1 atom stereocenters. The first-order chi connectivity index (χ1) is 6.20. The van der Waals surface area contributed by atoms with E-state index in [1.165, 1.54) is 12.8 Å². The first-order valence-corrected chi connectivity index (χ1v) is 5.14. The topological polar surface area (TPSA) is 47.3 Å². The summed E-state index contributed by atoms with van der Waals surface area (Å²) >= 11 is 0. The lowest BCUT2D eigenvalue weighted by Crippen LogP contribution is -2.50. The number of ether oxygens (including phenoxy) is 1. The van der Waals surface area contributed by atoms with Crippen molar-refractivity contribution in [2.75, 3.05) is 26.8 Å². The van der Waals surface area contributed by atoms with Gasteiger partial charge in [0, 0.05) is 25.8 Å². The Balaban J connectivity index is 2.19. The SMILES string of the molecule is COCCC(C)(CN)NCC1CC1. The Bertz CT molecular complexity index is 148. The maximum atomic E-state index is 5.74. The molecule has 13 heavy (non-hydrogen) atoms. The van der Waals surface area contributed by atoms with E-state index in [0.717, 1.165) is 25.5 Å². The molecular formula is C10H22N2O. The molecule has 0 bridgehead atoms. The molecule has 1 saturated carbocycles. The molecule has 1 aliphatic rings. The van der Waals surface area contributed by atoms with Crippen molar-refractivity contribution >= 4 is 0 Å². The zero-order chi connectivity index (χ0) is 9.73. The molecule has 0 aromatic heterocycles. The monoisotopic (exact) mass is 186 g/mol. The normalized spacial score (nSPS) is 21.5. The van der Waals surface area contributed by atoms with E-state index >= 15 is 0 Å². The van der Waals surface area contributed by atoms with E-state index in [2.05, 4.69) is 12.2 Å². The molecule has 0 amide bonds. The van der Waals surface area contributed by atoms with Crippen LogP contribution >= 0.6 is 0 Å². The van der Waals surface area contributed by atoms with Crippen molar-refractivity contribution < 1.29 is 4.74 Å². The molecule has 0 aliphatic heterocycles. The molecule has 0 heterocycles. The van der Waals surface area contributed by atoms with Crippen LogP contribution in [-0.2, 0) is 4.74 Å². The minimum absolute atomic E-state index is 0.0681. The highest BCUT2D eigenvalue weighted by Crippen LogP contribution is 2.28. The van der Waals surface area contributed by atoms with E-state index in [1.54, 1.807) is 7.11 Å². The molecule has 3 N–H and O–H groups in total. The Morgan fingerprint density at radius 2 is 2.23 bits per heavy atom. The summed E-state index contributed by atoms with van der Waals surface area (Å²) in [4.78, 5) is 0. The zero-order valence-electron chi connectivity index (χ0n) is 8.81. The molecule has 0 saturated heterocycles. The van der Waals surface area contributed by atoms with Gasteiger partial charge in [-0.3, -0.25) is 0 Å². The molecule has 1 aliphatic carbocycles. The van der Waals surface area contributed by atoms with Crippen molar-refractivity contribution in [3.63, 3.8) is 0 Å². The average molecular weight is 186 g/mol. The van der Waals surface area contributed by atoms with Gasteiger partial charge in [0.25, 0.3) is 0 Å². The fourth-order valence-electron chi connectivity index (χ4n) is 1.30. The number of hydrogen-bond acceptors (Lipinski definition) is 3. The lowest BCUT2D eigenvalue weighted by molar-refractivity contribution is 0.161. The van der Waals surface area contributed by atoms with Crippen LogP contribution < -0.4 is 11.1 Å². The van der Waals surface area contributed by atoms with Crippen LogP contribution in [0.25, 0.3) is 0 Å². The number of nitrogens with two attached hydrogens (primary N) is 1. The number of hydrogen-bond donors (Lipinski definition) is 2. The summed E-state index contributed by atoms with van der Waals surface area (Å²) in [5.74, 6) is 0.911. The smallest absolute Gasteiger partial charge is 0.0480 e. The van der Waals surface area contributed by atoms with Crippen molar-refractivity contribution in [2.45, 2.75) is 31.7 Å². The largest absolute Gasteiger partial charge is 0.385 e. The van der Waals surface area contributed by atoms with Crippen LogP contribution in [0.5, 0.6) is 0 Å². The van der Waals surface area contributed by atoms with Gasteiger partial charge in [-0.2, -0.15) is 0 Å². The quantitative estimate of drug-likeness (QED) is 0.616. The van der Waals surface area contributed by atoms with Gasteiger partial charge < -0.3 is 15.8 Å². The first kappa shape index (κ1) is 11.0. The predicted molar refractivity (Wildman–Crippen MR) is 54.7 cm³/mol. The van der Waals surface area contributed by atoms with Gasteiger partial charge in [0.1, 0.15) is 0 Å². The molecule has 0 spiro atoms. The molecular weight excluding hydrogens is 164 g/mol. The second-order valence-corrected chi connectivity index (χ2v) is 4.33. The van der Waals surface area contributed by atoms with E-state index < -0.39 is 0 Å². The first-order valence-electron chi connectivity index (χ1n) is 5.14. The molecule has 78 valence electrons. The zero-order valence-corrected chi connectivity index (χ0v) is 8.81. The van der Waals surface area contributed by atoms with E-state index in [0.29, 0.717) is 6.54 Å². The molecule has 3 heteroatoms. The van der Waals surface area contributed by atoms with Crippen LogP contribution in [0, 0.1) is 5.92 Å². The van der Waals surface area contributed by atoms with Crippen LogP contribution in [0.15, 0.2) is 0 Å². The van der Waals surface area contributed by atoms with Crippen LogP contribution in [0.3, 0.4) is 0 Å². The van der Waals surface area contributed by atoms with Gasteiger partial charge in [0.2, 0.25) is 0 Å². The summed E-state index contributed by atoms with van der Waals surface area (Å²) in [5, 5.41) is 3.54. The highest BCUT2D eigenvalue weighted by Gasteiger charge is 2.26. The van der Waals surface area contributed by atoms with Crippen molar-refractivity contribution in [3.8, 4) is 0 Å². The van der Waals surface area contributed by atoms with E-state index in [-0.39, 0.29) is 5.54 Å². The maximum Gasteiger partial charge on any atom is 0.0480 e. The van der Waals surface area contributed by atoms with Crippen LogP contribution in [-0.4, -0.2) is 32.3 Å². The number of methoxy groups -OCH3 is 1. The van der Waals surface area contributed by atoms with Crippen molar-refractivity contribution in [3.05, 3.63) is 0 Å². The Morgan fingerprint density at radius 3 is 2.69 bits per heavy atom. The minimum atomic E-state index is 0.0681. The van der Waals surface area contributed by atoms with Crippen molar-refractivity contribution in [2.24, 2.45) is 11.7 Å². The van der Waals surface area contributed by atoms with Gasteiger partial charge in [-0.25, -0.2) is 0 Å². The van der Waals surface area contributed by atoms with Crippen molar-refractivity contribution in [1.82, 2.24) is 5.32 Å². The van der Waals surface area contributed by atoms with Crippen LogP contribution in [0.1, 0.15) is 26.2 Å². The van der Waals surface area contributed by atoms with E-state index in [9.17, 15) is 0 Å². The summed E-state index contributed by atoms with van der Waals surface area (Å²) in [6.45, 7) is 4.76. The Hall–Kier alpha value is -0.120. The number of nitrogens with one attached hydrogen (secondary N) is 1. The second-order valence-electron chi connectivity index (χ2n) is 4.33. The van der Waals surface area contributed by atoms with Gasteiger partial charge in [0.15, 0.2) is 0 Å². The van der Waals surface area contributed by atoms with Crippen LogP contribution in [0.4, 0.5) is 0 Å².